The Labute approximate surface area is 293 Å². The first-order valence-electron chi connectivity index (χ1n) is 15.6. The number of fused-ring (bicyclic) bond motifs is 1. The summed E-state index contributed by atoms with van der Waals surface area (Å²) in [5.74, 6) is 0. The van der Waals surface area contributed by atoms with Crippen LogP contribution in [0.25, 0.3) is 28.1 Å². The number of rotatable bonds is 4. The van der Waals surface area contributed by atoms with E-state index >= 15 is 0 Å². The Balaban J connectivity index is 0.000000195. The van der Waals surface area contributed by atoms with Gasteiger partial charge in [0.05, 0.1) is 8.07 Å². The van der Waals surface area contributed by atoms with Crippen molar-refractivity contribution in [1.82, 2.24) is 4.57 Å². The summed E-state index contributed by atoms with van der Waals surface area (Å²) >= 11 is 1.61. The van der Waals surface area contributed by atoms with Crippen LogP contribution in [0.5, 0.6) is 0 Å². The number of aromatic nitrogens is 1. The second kappa shape index (κ2) is 13.1. The van der Waals surface area contributed by atoms with Crippen molar-refractivity contribution >= 4 is 19.3 Å². The van der Waals surface area contributed by atoms with Gasteiger partial charge in [-0.05, 0) is 37.1 Å². The smallest absolute Gasteiger partial charge is 1.00 e. The average Bonchev–Trinajstić information content (AvgIpc) is 3.64. The van der Waals surface area contributed by atoms with Crippen molar-refractivity contribution in [2.75, 3.05) is 0 Å². The molecular formula is C39H44Cl2NSiZr. The molecule has 227 valence electrons. The Bertz CT molecular complexity index is 1720. The van der Waals surface area contributed by atoms with E-state index in [1.54, 1.807) is 52.2 Å². The average molecular weight is 717 g/mol. The van der Waals surface area contributed by atoms with Gasteiger partial charge in [0.25, 0.3) is 0 Å². The first kappa shape index (κ1) is 35.0. The van der Waals surface area contributed by atoms with Crippen LogP contribution in [-0.2, 0) is 30.1 Å². The first-order valence-corrected chi connectivity index (χ1v) is 20.1. The van der Waals surface area contributed by atoms with Gasteiger partial charge in [-0.2, -0.15) is 0 Å². The van der Waals surface area contributed by atoms with E-state index in [0.29, 0.717) is 3.63 Å². The molecule has 3 heterocycles. The molecule has 2 atom stereocenters. The third kappa shape index (κ3) is 6.00. The zero-order valence-corrected chi connectivity index (χ0v) is 32.3. The molecule has 2 aliphatic carbocycles. The zero-order valence-electron chi connectivity index (χ0n) is 27.4. The number of hydrogen-bond donors (Lipinski definition) is 0. The zero-order chi connectivity index (χ0) is 30.0. The van der Waals surface area contributed by atoms with E-state index < -0.39 is 8.07 Å². The van der Waals surface area contributed by atoms with E-state index in [9.17, 15) is 0 Å². The molecule has 0 fully saturated rings. The quantitative estimate of drug-likeness (QED) is 0.265. The minimum atomic E-state index is -1.13. The van der Waals surface area contributed by atoms with Gasteiger partial charge < -0.3 is 29.4 Å². The molecule has 0 amide bonds. The second-order valence-electron chi connectivity index (χ2n) is 14.1. The predicted octanol–water partition coefficient (Wildman–Crippen LogP) is 4.90. The normalized spacial score (nSPS) is 18.6. The Morgan fingerprint density at radius 2 is 1.48 bits per heavy atom. The number of hydrogen-bond acceptors (Lipinski definition) is 0. The maximum absolute atomic E-state index is 2.51. The fraction of sp³-hybridized carbons (Fsp3) is 0.333. The molecule has 5 heteroatoms. The minimum Gasteiger partial charge on any atom is -1.00 e. The predicted molar refractivity (Wildman–Crippen MR) is 180 cm³/mol. The third-order valence-corrected chi connectivity index (χ3v) is 15.5. The fourth-order valence-corrected chi connectivity index (χ4v) is 13.1. The van der Waals surface area contributed by atoms with Gasteiger partial charge in [0.15, 0.2) is 0 Å². The van der Waals surface area contributed by atoms with Gasteiger partial charge in [0, 0.05) is 23.6 Å². The molecule has 2 unspecified atom stereocenters. The van der Waals surface area contributed by atoms with E-state index in [2.05, 4.69) is 144 Å². The Morgan fingerprint density at radius 3 is 2.05 bits per heavy atom. The minimum absolute atomic E-state index is 0. The number of allylic oxidation sites excluding steroid dienone is 2. The number of nitrogens with zero attached hydrogens (tertiary/aromatic N) is 1. The van der Waals surface area contributed by atoms with Crippen LogP contribution in [0, 0.1) is 6.92 Å². The molecule has 4 aromatic rings. The molecule has 44 heavy (non-hydrogen) atoms. The van der Waals surface area contributed by atoms with Crippen molar-refractivity contribution in [1.29, 1.82) is 0 Å². The van der Waals surface area contributed by atoms with Gasteiger partial charge in [-0.1, -0.05) is 41.6 Å². The van der Waals surface area contributed by atoms with Gasteiger partial charge in [-0.15, -0.1) is 0 Å². The molecule has 1 aromatic heterocycles. The molecule has 2 bridgehead atoms. The fourth-order valence-electron chi connectivity index (χ4n) is 7.59. The van der Waals surface area contributed by atoms with Crippen LogP contribution < -0.4 is 24.8 Å². The molecule has 2 aliphatic heterocycles. The van der Waals surface area contributed by atoms with Crippen molar-refractivity contribution in [3.05, 3.63) is 124 Å². The SMILES string of the molecule is CC1=C2c3cn(-c4ccc(C)cc4)cc3C1[Si]2(C)C.CCCC1=Cc2c(-c3ccc(C(C)(C)C)cc3)cccc2[CH]1[Zr+2].[Cl-].[Cl-]. The first-order chi connectivity index (χ1) is 19.9. The third-order valence-electron chi connectivity index (χ3n) is 9.72. The van der Waals surface area contributed by atoms with Crippen LogP contribution in [-0.4, -0.2) is 12.6 Å². The van der Waals surface area contributed by atoms with Crippen LogP contribution >= 0.6 is 0 Å². The van der Waals surface area contributed by atoms with Crippen LogP contribution in [0.3, 0.4) is 0 Å². The summed E-state index contributed by atoms with van der Waals surface area (Å²) in [7, 11) is -1.13. The molecule has 8 rings (SSSR count). The summed E-state index contributed by atoms with van der Waals surface area (Å²) in [6, 6.07) is 24.8. The van der Waals surface area contributed by atoms with E-state index in [1.807, 2.05) is 0 Å². The summed E-state index contributed by atoms with van der Waals surface area (Å²) in [4.78, 5) is 0. The Kier molecular flexibility index (Phi) is 10.4. The maximum Gasteiger partial charge on any atom is -1.00 e. The van der Waals surface area contributed by atoms with Crippen LogP contribution in [0.4, 0.5) is 0 Å². The van der Waals surface area contributed by atoms with Crippen LogP contribution in [0.1, 0.15) is 90.0 Å². The van der Waals surface area contributed by atoms with Gasteiger partial charge in [-0.3, -0.25) is 0 Å². The molecule has 0 N–H and O–H groups in total. The van der Waals surface area contributed by atoms with Gasteiger partial charge in [0.2, 0.25) is 0 Å². The topological polar surface area (TPSA) is 4.93 Å². The van der Waals surface area contributed by atoms with Gasteiger partial charge >= 0.3 is 156 Å². The summed E-state index contributed by atoms with van der Waals surface area (Å²) in [5, 5.41) is 1.72. The van der Waals surface area contributed by atoms with Crippen molar-refractivity contribution in [2.45, 2.75) is 82.1 Å². The summed E-state index contributed by atoms with van der Waals surface area (Å²) in [5.41, 5.74) is 17.1. The number of halogens is 2. The second-order valence-corrected chi connectivity index (χ2v) is 20.1. The summed E-state index contributed by atoms with van der Waals surface area (Å²) < 4.78 is 2.96. The van der Waals surface area contributed by atoms with E-state index in [4.69, 9.17) is 0 Å². The summed E-state index contributed by atoms with van der Waals surface area (Å²) in [6.07, 6.45) is 9.64. The molecule has 1 nitrogen and oxygen atoms in total. The largest absolute Gasteiger partial charge is 1.00 e. The molecule has 0 spiro atoms. The summed E-state index contributed by atoms with van der Waals surface area (Å²) in [6.45, 7) is 18.6. The Hall–Kier alpha value is -1.90. The number of aryl methyl sites for hydroxylation is 1. The number of benzene rings is 3. The van der Waals surface area contributed by atoms with Crippen molar-refractivity contribution in [3.8, 4) is 16.8 Å². The molecule has 4 aliphatic rings. The van der Waals surface area contributed by atoms with Crippen molar-refractivity contribution in [2.24, 2.45) is 0 Å². The monoisotopic (exact) mass is 714 g/mol. The van der Waals surface area contributed by atoms with Crippen LogP contribution in [0.2, 0.25) is 13.1 Å². The van der Waals surface area contributed by atoms with Gasteiger partial charge in [-0.25, -0.2) is 0 Å². The van der Waals surface area contributed by atoms with E-state index in [0.717, 1.165) is 5.54 Å². The van der Waals surface area contributed by atoms with Gasteiger partial charge in [0.1, 0.15) is 0 Å². The Morgan fingerprint density at radius 1 is 0.818 bits per heavy atom. The van der Waals surface area contributed by atoms with Crippen molar-refractivity contribution < 1.29 is 49.5 Å². The standard InChI is InChI=1S/C22H25.C17H19NSi.2ClH.Zr/c1-5-7-16-14-18-8-6-9-20(21(18)15-16)17-10-12-19(13-11-17)22(2,3)4;1-11-5-7-13(8-6-11)18-9-14-15(10-18)17-12(2)16(14)19(17,3)4;;;/h6,8-15H,5,7H2,1-4H3;5-10,16H,1-4H3;2*1H;/q;;;;+2/p-2. The van der Waals surface area contributed by atoms with Crippen molar-refractivity contribution in [3.63, 3.8) is 0 Å². The molecule has 0 saturated carbocycles. The molecule has 0 radical (unpaired) electrons. The maximum atomic E-state index is 2.51. The van der Waals surface area contributed by atoms with Crippen LogP contribution in [0.15, 0.2) is 90.3 Å². The molecule has 3 aromatic carbocycles. The van der Waals surface area contributed by atoms with E-state index in [1.165, 1.54) is 51.9 Å². The molecular weight excluding hydrogens is 673 g/mol. The van der Waals surface area contributed by atoms with E-state index in [-0.39, 0.29) is 30.2 Å². The molecule has 0 saturated heterocycles.